The zero-order chi connectivity index (χ0) is 17.5. The molecule has 0 aliphatic heterocycles. The lowest BCUT2D eigenvalue weighted by atomic mass is 10.1. The van der Waals surface area contributed by atoms with Crippen molar-refractivity contribution in [2.45, 2.75) is 6.54 Å². The van der Waals surface area contributed by atoms with E-state index < -0.39 is 0 Å². The molecule has 2 rings (SSSR count). The van der Waals surface area contributed by atoms with Crippen molar-refractivity contribution >= 4 is 29.1 Å². The molecule has 0 bridgehead atoms. The Morgan fingerprint density at radius 2 is 1.67 bits per heavy atom. The quantitative estimate of drug-likeness (QED) is 0.739. The van der Waals surface area contributed by atoms with E-state index in [9.17, 15) is 9.59 Å². The van der Waals surface area contributed by atoms with Gasteiger partial charge in [-0.25, -0.2) is 0 Å². The summed E-state index contributed by atoms with van der Waals surface area (Å²) in [5, 5.41) is 6.07. The highest BCUT2D eigenvalue weighted by Gasteiger charge is 2.11. The van der Waals surface area contributed by atoms with Crippen LogP contribution in [-0.4, -0.2) is 32.5 Å². The number of likely N-dealkylation sites (N-methyl/N-ethyl adjacent to an activating group) is 1. The van der Waals surface area contributed by atoms with Gasteiger partial charge < -0.3 is 15.5 Å². The van der Waals surface area contributed by atoms with Crippen molar-refractivity contribution in [3.8, 4) is 0 Å². The fraction of sp³-hybridized carbons (Fsp3) is 0.222. The lowest BCUT2D eigenvalue weighted by Gasteiger charge is -2.14. The van der Waals surface area contributed by atoms with Crippen molar-refractivity contribution in [1.82, 2.24) is 5.32 Å². The summed E-state index contributed by atoms with van der Waals surface area (Å²) in [4.78, 5) is 24.6. The van der Waals surface area contributed by atoms with Crippen molar-refractivity contribution in [1.29, 1.82) is 0 Å². The second-order valence-electron chi connectivity index (χ2n) is 5.64. The van der Waals surface area contributed by atoms with Gasteiger partial charge >= 0.3 is 0 Å². The van der Waals surface area contributed by atoms with E-state index in [-0.39, 0.29) is 11.8 Å². The minimum Gasteiger partial charge on any atom is -0.355 e. The highest BCUT2D eigenvalue weighted by molar-refractivity contribution is 6.30. The average Bonchev–Trinajstić information content (AvgIpc) is 2.56. The first kappa shape index (κ1) is 18.0. The number of quaternary nitrogens is 1. The largest absolute Gasteiger partial charge is 0.355 e. The molecule has 2 aromatic rings. The first-order valence-corrected chi connectivity index (χ1v) is 8.03. The summed E-state index contributed by atoms with van der Waals surface area (Å²) in [5.74, 6) is -0.165. The third-order valence-corrected chi connectivity index (χ3v) is 3.79. The number of nitrogens with one attached hydrogen (secondary N) is 3. The predicted octanol–water partition coefficient (Wildman–Crippen LogP) is 1.35. The molecule has 1 unspecified atom stereocenters. The summed E-state index contributed by atoms with van der Waals surface area (Å²) in [7, 11) is 3.56. The third kappa shape index (κ3) is 5.37. The molecule has 0 heterocycles. The summed E-state index contributed by atoms with van der Waals surface area (Å²) >= 11 is 5.82. The smallest absolute Gasteiger partial charge is 0.279 e. The van der Waals surface area contributed by atoms with Crippen LogP contribution in [0.15, 0.2) is 48.5 Å². The van der Waals surface area contributed by atoms with Gasteiger partial charge in [-0.1, -0.05) is 23.7 Å². The molecule has 1 atom stereocenters. The highest BCUT2D eigenvalue weighted by Crippen LogP contribution is 2.12. The predicted molar refractivity (Wildman–Crippen MR) is 95.4 cm³/mol. The van der Waals surface area contributed by atoms with Gasteiger partial charge in [0.15, 0.2) is 6.54 Å². The Morgan fingerprint density at radius 3 is 2.25 bits per heavy atom. The molecular formula is C18H21ClN3O2+. The Labute approximate surface area is 146 Å². The molecule has 0 saturated heterocycles. The molecule has 24 heavy (non-hydrogen) atoms. The van der Waals surface area contributed by atoms with E-state index in [4.69, 9.17) is 11.6 Å². The van der Waals surface area contributed by atoms with Gasteiger partial charge in [-0.15, -0.1) is 0 Å². The van der Waals surface area contributed by atoms with Crippen LogP contribution in [0, 0.1) is 0 Å². The normalized spacial score (nSPS) is 11.6. The monoisotopic (exact) mass is 346 g/mol. The van der Waals surface area contributed by atoms with E-state index in [2.05, 4.69) is 10.6 Å². The van der Waals surface area contributed by atoms with Crippen molar-refractivity contribution in [3.05, 3.63) is 64.7 Å². The average molecular weight is 347 g/mol. The van der Waals surface area contributed by atoms with E-state index in [1.807, 2.05) is 19.2 Å². The molecule has 0 aliphatic carbocycles. The minimum absolute atomic E-state index is 0.0585. The molecule has 0 fully saturated rings. The van der Waals surface area contributed by atoms with Gasteiger partial charge in [-0.3, -0.25) is 9.59 Å². The fourth-order valence-electron chi connectivity index (χ4n) is 2.34. The number of rotatable bonds is 6. The second-order valence-corrected chi connectivity index (χ2v) is 6.08. The van der Waals surface area contributed by atoms with E-state index in [0.29, 0.717) is 23.7 Å². The van der Waals surface area contributed by atoms with Crippen LogP contribution in [0.25, 0.3) is 0 Å². The number of amides is 2. The number of anilines is 1. The maximum absolute atomic E-state index is 12.1. The number of hydrogen-bond donors (Lipinski definition) is 3. The van der Waals surface area contributed by atoms with Gasteiger partial charge in [0.1, 0.15) is 6.54 Å². The van der Waals surface area contributed by atoms with E-state index in [0.717, 1.165) is 16.2 Å². The number of halogens is 1. The van der Waals surface area contributed by atoms with Gasteiger partial charge in [0.2, 0.25) is 0 Å². The molecule has 0 spiro atoms. The van der Waals surface area contributed by atoms with Crippen molar-refractivity contribution < 1.29 is 14.5 Å². The van der Waals surface area contributed by atoms with Crippen LogP contribution < -0.4 is 15.5 Å². The van der Waals surface area contributed by atoms with Gasteiger partial charge in [0.05, 0.1) is 7.05 Å². The maximum Gasteiger partial charge on any atom is 0.279 e. The fourth-order valence-corrected chi connectivity index (χ4v) is 2.47. The summed E-state index contributed by atoms with van der Waals surface area (Å²) in [6.45, 7) is 1.04. The van der Waals surface area contributed by atoms with Crippen LogP contribution in [0.4, 0.5) is 5.69 Å². The van der Waals surface area contributed by atoms with Crippen LogP contribution in [0.5, 0.6) is 0 Å². The summed E-state index contributed by atoms with van der Waals surface area (Å²) in [6, 6.07) is 14.4. The van der Waals surface area contributed by atoms with Crippen molar-refractivity contribution in [3.63, 3.8) is 0 Å². The third-order valence-electron chi connectivity index (χ3n) is 3.54. The van der Waals surface area contributed by atoms with Gasteiger partial charge in [-0.2, -0.15) is 0 Å². The topological polar surface area (TPSA) is 62.6 Å². The molecule has 2 amide bonds. The minimum atomic E-state index is -0.107. The lowest BCUT2D eigenvalue weighted by molar-refractivity contribution is -0.885. The van der Waals surface area contributed by atoms with Gasteiger partial charge in [0, 0.05) is 28.9 Å². The van der Waals surface area contributed by atoms with Crippen LogP contribution in [-0.2, 0) is 11.3 Å². The van der Waals surface area contributed by atoms with Crippen LogP contribution in [0.3, 0.4) is 0 Å². The second kappa shape index (κ2) is 8.47. The molecule has 0 saturated carbocycles. The number of carbonyl (C=O) groups is 2. The van der Waals surface area contributed by atoms with Crippen LogP contribution in [0.1, 0.15) is 15.9 Å². The number of carbonyl (C=O) groups excluding carboxylic acids is 2. The van der Waals surface area contributed by atoms with Crippen LogP contribution >= 0.6 is 11.6 Å². The Bertz CT molecular complexity index is 699. The molecule has 3 N–H and O–H groups in total. The zero-order valence-corrected chi connectivity index (χ0v) is 14.5. The first-order chi connectivity index (χ1) is 11.5. The van der Waals surface area contributed by atoms with E-state index >= 15 is 0 Å². The number of benzene rings is 2. The molecule has 0 aromatic heterocycles. The number of hydrogen-bond acceptors (Lipinski definition) is 2. The van der Waals surface area contributed by atoms with Crippen molar-refractivity contribution in [2.24, 2.45) is 0 Å². The Kier molecular flexibility index (Phi) is 6.35. The van der Waals surface area contributed by atoms with Crippen molar-refractivity contribution in [2.75, 3.05) is 26.0 Å². The maximum atomic E-state index is 12.1. The van der Waals surface area contributed by atoms with Gasteiger partial charge in [0.25, 0.3) is 11.8 Å². The summed E-state index contributed by atoms with van der Waals surface area (Å²) in [5.41, 5.74) is 2.42. The molecule has 5 nitrogen and oxygen atoms in total. The Hall–Kier alpha value is -2.37. The van der Waals surface area contributed by atoms with Gasteiger partial charge in [-0.05, 0) is 36.4 Å². The summed E-state index contributed by atoms with van der Waals surface area (Å²) in [6.07, 6.45) is 0. The zero-order valence-electron chi connectivity index (χ0n) is 13.7. The highest BCUT2D eigenvalue weighted by atomic mass is 35.5. The van der Waals surface area contributed by atoms with E-state index in [1.54, 1.807) is 43.4 Å². The Balaban J connectivity index is 1.85. The van der Waals surface area contributed by atoms with Crippen LogP contribution in [0.2, 0.25) is 5.02 Å². The summed E-state index contributed by atoms with van der Waals surface area (Å²) < 4.78 is 0. The molecular weight excluding hydrogens is 326 g/mol. The molecule has 2 aromatic carbocycles. The molecule has 0 aliphatic rings. The lowest BCUT2D eigenvalue weighted by Crippen LogP contribution is -3.08. The first-order valence-electron chi connectivity index (χ1n) is 7.65. The molecule has 126 valence electrons. The molecule has 6 heteroatoms. The Morgan fingerprint density at radius 1 is 1.04 bits per heavy atom. The SMILES string of the molecule is CNC(=O)c1ccc(C[NH+](C)CC(=O)Nc2ccc(Cl)cc2)cc1. The molecule has 0 radical (unpaired) electrons. The van der Waals surface area contributed by atoms with E-state index in [1.165, 1.54) is 0 Å². The standard InChI is InChI=1S/C18H20ClN3O2/c1-20-18(24)14-5-3-13(4-6-14)11-22(2)12-17(23)21-16-9-7-15(19)8-10-16/h3-10H,11-12H2,1-2H3,(H,20,24)(H,21,23)/p+1.